The molecule has 0 aliphatic heterocycles. The predicted octanol–water partition coefficient (Wildman–Crippen LogP) is 11.5. The Kier molecular flexibility index (Phi) is 15.3. The number of hydrogen-bond donors (Lipinski definition) is 2. The van der Waals surface area contributed by atoms with Crippen LogP contribution in [0.2, 0.25) is 0 Å². The van der Waals surface area contributed by atoms with E-state index in [1.54, 1.807) is 0 Å². The predicted molar refractivity (Wildman–Crippen MR) is 254 cm³/mol. The highest BCUT2D eigenvalue weighted by atomic mass is 32.2. The van der Waals surface area contributed by atoms with Gasteiger partial charge in [0.15, 0.2) is 0 Å². The number of nitrogens with zero attached hydrogens (tertiary/aromatic N) is 1. The maximum absolute atomic E-state index is 11.4. The summed E-state index contributed by atoms with van der Waals surface area (Å²) in [7, 11) is 0. The summed E-state index contributed by atoms with van der Waals surface area (Å²) in [5.41, 5.74) is 13.1. The van der Waals surface area contributed by atoms with Gasteiger partial charge < -0.3 is 11.1 Å². The molecule has 6 aromatic rings. The van der Waals surface area contributed by atoms with Crippen molar-refractivity contribution >= 4 is 29.4 Å². The van der Waals surface area contributed by atoms with Crippen LogP contribution in [-0.2, 0) is 14.3 Å². The lowest BCUT2D eigenvalue weighted by Crippen LogP contribution is -2.48. The molecule has 4 nitrogen and oxygen atoms in total. The van der Waals surface area contributed by atoms with Crippen LogP contribution in [0.1, 0.15) is 80.3 Å². The molecule has 0 aliphatic carbocycles. The Morgan fingerprint density at radius 3 is 1.03 bits per heavy atom. The first-order valence-electron chi connectivity index (χ1n) is 21.0. The van der Waals surface area contributed by atoms with E-state index in [1.807, 2.05) is 0 Å². The van der Waals surface area contributed by atoms with Gasteiger partial charge in [-0.25, -0.2) is 0 Å². The fourth-order valence-corrected chi connectivity index (χ4v) is 12.2. The maximum Gasteiger partial charge on any atom is 0.217 e. The van der Waals surface area contributed by atoms with E-state index >= 15 is 0 Å². The van der Waals surface area contributed by atoms with Crippen molar-refractivity contribution in [2.75, 3.05) is 32.7 Å². The fourth-order valence-electron chi connectivity index (χ4n) is 8.49. The van der Waals surface area contributed by atoms with Crippen molar-refractivity contribution < 1.29 is 4.79 Å². The van der Waals surface area contributed by atoms with Crippen LogP contribution >= 0.6 is 23.5 Å². The minimum Gasteiger partial charge on any atom is -0.370 e. The molecule has 0 spiro atoms. The SMILES string of the molecule is CC(C)(CN(CCNCCCCC(N)=O)CC(C)(C)SC(c1ccccc1)(c1ccccc1)c1ccccc1)SC(c1ccccc1)(c1ccccc1)c1ccccc1. The van der Waals surface area contributed by atoms with Gasteiger partial charge in [0.1, 0.15) is 0 Å². The van der Waals surface area contributed by atoms with Gasteiger partial charge in [-0.05, 0) is 80.5 Å². The fraction of sp³-hybridized carbons (Fsp3) is 0.302. The van der Waals surface area contributed by atoms with E-state index in [1.165, 1.54) is 33.4 Å². The topological polar surface area (TPSA) is 58.4 Å². The van der Waals surface area contributed by atoms with E-state index in [0.29, 0.717) is 6.42 Å². The Labute approximate surface area is 362 Å². The minimum atomic E-state index is -0.440. The molecule has 0 unspecified atom stereocenters. The number of nitrogens with one attached hydrogen (secondary N) is 1. The van der Waals surface area contributed by atoms with Crippen molar-refractivity contribution in [3.63, 3.8) is 0 Å². The molecule has 6 heteroatoms. The van der Waals surface area contributed by atoms with Gasteiger partial charge >= 0.3 is 0 Å². The Hall–Kier alpha value is -4.59. The van der Waals surface area contributed by atoms with Gasteiger partial charge in [0.05, 0.1) is 9.49 Å². The summed E-state index contributed by atoms with van der Waals surface area (Å²) >= 11 is 4.10. The number of nitrogens with two attached hydrogens (primary N) is 1. The van der Waals surface area contributed by atoms with Gasteiger partial charge in [0.2, 0.25) is 5.91 Å². The number of amides is 1. The molecule has 0 saturated heterocycles. The van der Waals surface area contributed by atoms with Gasteiger partial charge in [0.25, 0.3) is 0 Å². The second kappa shape index (κ2) is 20.6. The van der Waals surface area contributed by atoms with Crippen molar-refractivity contribution in [1.82, 2.24) is 10.2 Å². The third-order valence-corrected chi connectivity index (χ3v) is 14.2. The smallest absolute Gasteiger partial charge is 0.217 e. The zero-order valence-corrected chi connectivity index (χ0v) is 36.9. The number of carbonyl (C=O) groups is 1. The molecular formula is C53H61N3OS2. The molecule has 6 rings (SSSR count). The summed E-state index contributed by atoms with van der Waals surface area (Å²) in [4.78, 5) is 14.1. The second-order valence-corrected chi connectivity index (χ2v) is 20.5. The number of hydrogen-bond acceptors (Lipinski definition) is 5. The van der Waals surface area contributed by atoms with Crippen LogP contribution in [-0.4, -0.2) is 53.0 Å². The largest absolute Gasteiger partial charge is 0.370 e. The van der Waals surface area contributed by atoms with Gasteiger partial charge in [-0.15, -0.1) is 23.5 Å². The standard InChI is InChI=1S/C53H61N3OS2/c1-50(2,58-52(43-25-11-5-12-26-43,44-27-13-6-14-28-44)45-29-15-7-16-30-45)41-56(40-39-55-38-24-23-37-49(54)57)42-51(3,4)59-53(46-31-17-8-18-32-46,47-33-19-9-20-34-47)48-35-21-10-22-36-48/h5-22,25-36,55H,23-24,37-42H2,1-4H3,(H2,54,57). The molecule has 59 heavy (non-hydrogen) atoms. The van der Waals surface area contributed by atoms with E-state index in [4.69, 9.17) is 5.73 Å². The summed E-state index contributed by atoms with van der Waals surface area (Å²) in [6, 6.07) is 66.2. The molecule has 1 amide bonds. The van der Waals surface area contributed by atoms with Gasteiger partial charge in [-0.1, -0.05) is 182 Å². The maximum atomic E-state index is 11.4. The molecule has 0 aliphatic rings. The Morgan fingerprint density at radius 2 is 0.763 bits per heavy atom. The first kappa shape index (κ1) is 44.0. The molecule has 3 N–H and O–H groups in total. The average molecular weight is 820 g/mol. The summed E-state index contributed by atoms with van der Waals surface area (Å²) in [5, 5.41) is 3.71. The summed E-state index contributed by atoms with van der Waals surface area (Å²) in [6.45, 7) is 14.0. The molecule has 0 heterocycles. The van der Waals surface area contributed by atoms with Crippen LogP contribution in [0.5, 0.6) is 0 Å². The number of carbonyl (C=O) groups excluding carboxylic acids is 1. The van der Waals surface area contributed by atoms with Crippen molar-refractivity contribution in [2.45, 2.75) is 65.9 Å². The van der Waals surface area contributed by atoms with Crippen LogP contribution in [0.15, 0.2) is 182 Å². The van der Waals surface area contributed by atoms with Crippen LogP contribution in [0.3, 0.4) is 0 Å². The van der Waals surface area contributed by atoms with Crippen molar-refractivity contribution in [3.8, 4) is 0 Å². The number of unbranched alkanes of at least 4 members (excludes halogenated alkanes) is 1. The third-order valence-electron chi connectivity index (χ3n) is 10.8. The minimum absolute atomic E-state index is 0.195. The number of primary amides is 1. The zero-order valence-electron chi connectivity index (χ0n) is 35.2. The highest BCUT2D eigenvalue weighted by Gasteiger charge is 2.45. The van der Waals surface area contributed by atoms with Gasteiger partial charge in [-0.3, -0.25) is 9.69 Å². The first-order valence-corrected chi connectivity index (χ1v) is 22.6. The highest BCUT2D eigenvalue weighted by Crippen LogP contribution is 2.55. The second-order valence-electron chi connectivity index (χ2n) is 16.7. The summed E-state index contributed by atoms with van der Waals surface area (Å²) in [6.07, 6.45) is 2.16. The zero-order chi connectivity index (χ0) is 41.6. The van der Waals surface area contributed by atoms with Crippen molar-refractivity contribution in [1.29, 1.82) is 0 Å². The van der Waals surface area contributed by atoms with Crippen LogP contribution in [0, 0.1) is 0 Å². The molecule has 0 bridgehead atoms. The Morgan fingerprint density at radius 1 is 0.475 bits per heavy atom. The molecule has 0 atom stereocenters. The number of rotatable bonds is 22. The Balaban J connectivity index is 1.37. The molecule has 306 valence electrons. The van der Waals surface area contributed by atoms with E-state index in [2.05, 4.69) is 243 Å². The average Bonchev–Trinajstić information content (AvgIpc) is 3.26. The molecule has 0 saturated carbocycles. The van der Waals surface area contributed by atoms with Gasteiger partial charge in [0, 0.05) is 42.1 Å². The van der Waals surface area contributed by atoms with Gasteiger partial charge in [-0.2, -0.15) is 0 Å². The summed E-state index contributed by atoms with van der Waals surface area (Å²) in [5.74, 6) is -0.231. The third kappa shape index (κ3) is 11.4. The lowest BCUT2D eigenvalue weighted by molar-refractivity contribution is -0.118. The van der Waals surface area contributed by atoms with Crippen LogP contribution in [0.25, 0.3) is 0 Å². The monoisotopic (exact) mass is 819 g/mol. The van der Waals surface area contributed by atoms with Crippen molar-refractivity contribution in [3.05, 3.63) is 215 Å². The summed E-state index contributed by atoms with van der Waals surface area (Å²) < 4.78 is -1.27. The van der Waals surface area contributed by atoms with Crippen LogP contribution < -0.4 is 11.1 Å². The first-order chi connectivity index (χ1) is 28.5. The Bertz CT molecular complexity index is 1790. The van der Waals surface area contributed by atoms with E-state index in [9.17, 15) is 4.79 Å². The van der Waals surface area contributed by atoms with E-state index < -0.39 is 9.49 Å². The lowest BCUT2D eigenvalue weighted by Gasteiger charge is -2.46. The quantitative estimate of drug-likeness (QED) is 0.0528. The van der Waals surface area contributed by atoms with E-state index in [0.717, 1.165) is 45.6 Å². The van der Waals surface area contributed by atoms with Crippen LogP contribution in [0.4, 0.5) is 0 Å². The number of benzene rings is 6. The lowest BCUT2D eigenvalue weighted by atomic mass is 9.84. The molecule has 6 aromatic carbocycles. The molecule has 0 aromatic heterocycles. The molecular weight excluding hydrogens is 759 g/mol. The molecule has 0 radical (unpaired) electrons. The highest BCUT2D eigenvalue weighted by molar-refractivity contribution is 8.02. The number of thioether (sulfide) groups is 2. The van der Waals surface area contributed by atoms with Crippen molar-refractivity contribution in [2.24, 2.45) is 5.73 Å². The van der Waals surface area contributed by atoms with E-state index in [-0.39, 0.29) is 15.4 Å². The normalized spacial score (nSPS) is 12.4. The molecule has 0 fully saturated rings.